The van der Waals surface area contributed by atoms with Gasteiger partial charge >= 0.3 is 0 Å². The highest BCUT2D eigenvalue weighted by molar-refractivity contribution is 5.26. The third-order valence-corrected chi connectivity index (χ3v) is 3.21. The maximum Gasteiger partial charge on any atom is 0.137 e. The minimum Gasteiger partial charge on any atom is -0.495 e. The summed E-state index contributed by atoms with van der Waals surface area (Å²) in [5.74, 6) is 6.77. The highest BCUT2D eigenvalue weighted by Crippen LogP contribution is 2.31. The van der Waals surface area contributed by atoms with Crippen LogP contribution in [0.4, 0.5) is 0 Å². The van der Waals surface area contributed by atoms with E-state index in [0.29, 0.717) is 12.0 Å². The summed E-state index contributed by atoms with van der Waals surface area (Å²) < 4.78 is 10.7. The van der Waals surface area contributed by atoms with Gasteiger partial charge in [0, 0.05) is 12.1 Å². The van der Waals surface area contributed by atoms with E-state index in [4.69, 9.17) is 15.3 Å². The van der Waals surface area contributed by atoms with E-state index >= 15 is 0 Å². The van der Waals surface area contributed by atoms with Crippen LogP contribution < -0.4 is 16.0 Å². The summed E-state index contributed by atoms with van der Waals surface area (Å²) in [6.45, 7) is 2.81. The standard InChI is InChI=1S/C12H19N3O2/c1-8-3-10(7-17-8)12(15-13)9-4-11(16-2)6-14-5-9/h4-6,8,10,12,15H,3,7,13H2,1-2H3. The van der Waals surface area contributed by atoms with Gasteiger partial charge in [-0.1, -0.05) is 0 Å². The van der Waals surface area contributed by atoms with Crippen LogP contribution in [0.1, 0.15) is 24.9 Å². The number of nitrogens with two attached hydrogens (primary N) is 1. The van der Waals surface area contributed by atoms with Crippen LogP contribution in [0.3, 0.4) is 0 Å². The molecule has 0 bridgehead atoms. The van der Waals surface area contributed by atoms with Gasteiger partial charge in [-0.25, -0.2) is 0 Å². The van der Waals surface area contributed by atoms with E-state index in [1.165, 1.54) is 0 Å². The molecule has 1 aromatic heterocycles. The van der Waals surface area contributed by atoms with E-state index in [9.17, 15) is 0 Å². The zero-order valence-corrected chi connectivity index (χ0v) is 10.2. The number of nitrogens with one attached hydrogen (secondary N) is 1. The first-order chi connectivity index (χ1) is 8.24. The number of hydrogen-bond acceptors (Lipinski definition) is 5. The van der Waals surface area contributed by atoms with E-state index in [1.807, 2.05) is 12.3 Å². The minimum absolute atomic E-state index is 0.0579. The molecule has 2 rings (SSSR count). The van der Waals surface area contributed by atoms with Crippen molar-refractivity contribution < 1.29 is 9.47 Å². The molecule has 3 unspecified atom stereocenters. The van der Waals surface area contributed by atoms with Crippen molar-refractivity contribution in [3.63, 3.8) is 0 Å². The zero-order chi connectivity index (χ0) is 12.3. The largest absolute Gasteiger partial charge is 0.495 e. The van der Waals surface area contributed by atoms with E-state index < -0.39 is 0 Å². The predicted molar refractivity (Wildman–Crippen MR) is 64.4 cm³/mol. The van der Waals surface area contributed by atoms with Crippen molar-refractivity contribution in [2.45, 2.75) is 25.5 Å². The smallest absolute Gasteiger partial charge is 0.137 e. The van der Waals surface area contributed by atoms with Crippen LogP contribution in [0, 0.1) is 5.92 Å². The first kappa shape index (κ1) is 12.3. The van der Waals surface area contributed by atoms with Gasteiger partial charge in [-0.3, -0.25) is 16.3 Å². The Hall–Kier alpha value is -1.17. The molecule has 1 aliphatic rings. The zero-order valence-electron chi connectivity index (χ0n) is 10.2. The molecule has 0 amide bonds. The van der Waals surface area contributed by atoms with Gasteiger partial charge < -0.3 is 9.47 Å². The lowest BCUT2D eigenvalue weighted by Gasteiger charge is -2.22. The van der Waals surface area contributed by atoms with Crippen LogP contribution in [0.25, 0.3) is 0 Å². The van der Waals surface area contributed by atoms with Gasteiger partial charge in [0.15, 0.2) is 0 Å². The maximum absolute atomic E-state index is 5.65. The van der Waals surface area contributed by atoms with E-state index in [-0.39, 0.29) is 6.04 Å². The minimum atomic E-state index is 0.0579. The molecule has 0 saturated carbocycles. The first-order valence-corrected chi connectivity index (χ1v) is 5.81. The fourth-order valence-corrected chi connectivity index (χ4v) is 2.30. The topological polar surface area (TPSA) is 69.4 Å². The summed E-state index contributed by atoms with van der Waals surface area (Å²) in [6, 6.07) is 2.02. The van der Waals surface area contributed by atoms with Gasteiger partial charge in [0.2, 0.25) is 0 Å². The quantitative estimate of drug-likeness (QED) is 0.604. The average Bonchev–Trinajstić information content (AvgIpc) is 2.77. The molecule has 5 nitrogen and oxygen atoms in total. The van der Waals surface area contributed by atoms with Crippen molar-refractivity contribution in [1.29, 1.82) is 0 Å². The van der Waals surface area contributed by atoms with Gasteiger partial charge in [0.1, 0.15) is 5.75 Å². The molecular formula is C12H19N3O2. The van der Waals surface area contributed by atoms with E-state index in [1.54, 1.807) is 13.3 Å². The fourth-order valence-electron chi connectivity index (χ4n) is 2.30. The molecule has 0 aromatic carbocycles. The van der Waals surface area contributed by atoms with Gasteiger partial charge in [-0.2, -0.15) is 0 Å². The highest BCUT2D eigenvalue weighted by atomic mass is 16.5. The Kier molecular flexibility index (Phi) is 3.93. The molecule has 0 spiro atoms. The predicted octanol–water partition coefficient (Wildman–Crippen LogP) is 1.02. The Morgan fingerprint density at radius 2 is 2.41 bits per heavy atom. The molecule has 1 aliphatic heterocycles. The number of methoxy groups -OCH3 is 1. The van der Waals surface area contributed by atoms with Crippen LogP contribution in [0.5, 0.6) is 5.75 Å². The lowest BCUT2D eigenvalue weighted by Crippen LogP contribution is -2.34. The second-order valence-electron chi connectivity index (χ2n) is 4.44. The number of hydrazine groups is 1. The van der Waals surface area contributed by atoms with Crippen LogP contribution in [-0.4, -0.2) is 24.8 Å². The maximum atomic E-state index is 5.65. The molecule has 0 aliphatic carbocycles. The first-order valence-electron chi connectivity index (χ1n) is 5.81. The Morgan fingerprint density at radius 1 is 1.59 bits per heavy atom. The lowest BCUT2D eigenvalue weighted by atomic mass is 9.92. The number of rotatable bonds is 4. The van der Waals surface area contributed by atoms with Crippen molar-refractivity contribution >= 4 is 0 Å². The second kappa shape index (κ2) is 5.44. The number of hydrogen-bond donors (Lipinski definition) is 2. The van der Waals surface area contributed by atoms with Crippen LogP contribution in [-0.2, 0) is 4.74 Å². The number of aromatic nitrogens is 1. The summed E-state index contributed by atoms with van der Waals surface area (Å²) >= 11 is 0. The van der Waals surface area contributed by atoms with Gasteiger partial charge in [0.25, 0.3) is 0 Å². The summed E-state index contributed by atoms with van der Waals surface area (Å²) in [5, 5.41) is 0. The highest BCUT2D eigenvalue weighted by Gasteiger charge is 2.30. The Labute approximate surface area is 101 Å². The van der Waals surface area contributed by atoms with Gasteiger partial charge in [-0.05, 0) is 25.0 Å². The molecule has 17 heavy (non-hydrogen) atoms. The molecule has 3 atom stereocenters. The third-order valence-electron chi connectivity index (χ3n) is 3.21. The van der Waals surface area contributed by atoms with Crippen molar-refractivity contribution in [3.05, 3.63) is 24.0 Å². The second-order valence-corrected chi connectivity index (χ2v) is 4.44. The Morgan fingerprint density at radius 3 is 3.00 bits per heavy atom. The van der Waals surface area contributed by atoms with E-state index in [2.05, 4.69) is 17.3 Å². The molecule has 2 heterocycles. The van der Waals surface area contributed by atoms with Crippen molar-refractivity contribution in [3.8, 4) is 5.75 Å². The molecule has 0 radical (unpaired) electrons. The van der Waals surface area contributed by atoms with Crippen LogP contribution in [0.15, 0.2) is 18.5 Å². The normalized spacial score (nSPS) is 25.8. The summed E-state index contributed by atoms with van der Waals surface area (Å²) in [4.78, 5) is 4.15. The number of ether oxygens (including phenoxy) is 2. The number of nitrogens with zero attached hydrogens (tertiary/aromatic N) is 1. The molecule has 94 valence electrons. The number of pyridine rings is 1. The monoisotopic (exact) mass is 237 g/mol. The van der Waals surface area contributed by atoms with Crippen LogP contribution in [0.2, 0.25) is 0 Å². The van der Waals surface area contributed by atoms with Gasteiger partial charge in [0.05, 0.1) is 32.1 Å². The van der Waals surface area contributed by atoms with E-state index in [0.717, 1.165) is 24.3 Å². The Balaban J connectivity index is 2.16. The van der Waals surface area contributed by atoms with Crippen molar-refractivity contribution in [2.75, 3.05) is 13.7 Å². The summed E-state index contributed by atoms with van der Waals surface area (Å²) in [6.07, 6.45) is 4.81. The molecular weight excluding hydrogens is 218 g/mol. The van der Waals surface area contributed by atoms with Gasteiger partial charge in [-0.15, -0.1) is 0 Å². The third kappa shape index (κ3) is 2.74. The molecule has 3 N–H and O–H groups in total. The fraction of sp³-hybridized carbons (Fsp3) is 0.583. The van der Waals surface area contributed by atoms with Crippen LogP contribution >= 0.6 is 0 Å². The molecule has 1 aromatic rings. The Bertz CT molecular complexity index is 373. The average molecular weight is 237 g/mol. The summed E-state index contributed by atoms with van der Waals surface area (Å²) in [5.41, 5.74) is 3.89. The van der Waals surface area contributed by atoms with Crippen molar-refractivity contribution in [2.24, 2.45) is 11.8 Å². The lowest BCUT2D eigenvalue weighted by molar-refractivity contribution is 0.117. The molecule has 1 saturated heterocycles. The molecule has 5 heteroatoms. The summed E-state index contributed by atoms with van der Waals surface area (Å²) in [7, 11) is 1.63. The van der Waals surface area contributed by atoms with Crippen molar-refractivity contribution in [1.82, 2.24) is 10.4 Å². The molecule has 1 fully saturated rings. The SMILES string of the molecule is COc1cncc(C(NN)C2COC(C)C2)c1.